The number of hydrazone groups is 1. The summed E-state index contributed by atoms with van der Waals surface area (Å²) in [5.74, 6) is -0.154. The highest BCUT2D eigenvalue weighted by atomic mass is 16.6. The Bertz CT molecular complexity index is 437. The first-order valence-electron chi connectivity index (χ1n) is 4.41. The maximum Gasteiger partial charge on any atom is 0.433 e. The first kappa shape index (κ1) is 11.7. The normalized spacial score (nSPS) is 11.2. The molecule has 0 saturated heterocycles. The van der Waals surface area contributed by atoms with E-state index in [9.17, 15) is 14.9 Å². The summed E-state index contributed by atoms with van der Waals surface area (Å²) in [6.07, 6.45) is 0.435. The topological polar surface area (TPSA) is 124 Å². The lowest BCUT2D eigenvalue weighted by molar-refractivity contribution is -0.402. The summed E-state index contributed by atoms with van der Waals surface area (Å²) in [5.41, 5.74) is 7.23. The molecule has 16 heavy (non-hydrogen) atoms. The maximum atomic E-state index is 10.4. The molecule has 0 aliphatic heterocycles. The molecule has 2 amide bonds. The van der Waals surface area contributed by atoms with Crippen LogP contribution < -0.4 is 11.2 Å². The molecular formula is C8H10N4O4. The van der Waals surface area contributed by atoms with E-state index in [1.807, 2.05) is 5.43 Å². The van der Waals surface area contributed by atoms with E-state index in [2.05, 4.69) is 5.10 Å². The molecule has 1 rings (SSSR count). The molecule has 86 valence electrons. The lowest BCUT2D eigenvalue weighted by Crippen LogP contribution is -2.25. The van der Waals surface area contributed by atoms with Crippen molar-refractivity contribution >= 4 is 17.6 Å². The fourth-order valence-corrected chi connectivity index (χ4v) is 1.01. The second-order valence-electron chi connectivity index (χ2n) is 2.78. The summed E-state index contributed by atoms with van der Waals surface area (Å²) in [7, 11) is 0. The van der Waals surface area contributed by atoms with Crippen molar-refractivity contribution < 1.29 is 14.1 Å². The van der Waals surface area contributed by atoms with Gasteiger partial charge in [-0.2, -0.15) is 5.10 Å². The summed E-state index contributed by atoms with van der Waals surface area (Å²) in [4.78, 5) is 20.1. The van der Waals surface area contributed by atoms with E-state index in [1.54, 1.807) is 6.92 Å². The number of nitrogens with one attached hydrogen (secondary N) is 1. The molecule has 3 N–H and O–H groups in total. The first-order chi connectivity index (χ1) is 7.54. The molecule has 0 aliphatic carbocycles. The minimum atomic E-state index is -0.813. The summed E-state index contributed by atoms with van der Waals surface area (Å²) in [6, 6.07) is 1.81. The van der Waals surface area contributed by atoms with Crippen molar-refractivity contribution in [2.75, 3.05) is 0 Å². The second kappa shape index (κ2) is 4.91. The number of hydrogen-bond donors (Lipinski definition) is 2. The number of urea groups is 1. The van der Waals surface area contributed by atoms with Crippen LogP contribution in [0.1, 0.15) is 19.1 Å². The molecule has 8 nitrogen and oxygen atoms in total. The molecule has 1 heterocycles. The van der Waals surface area contributed by atoms with E-state index in [-0.39, 0.29) is 11.6 Å². The van der Waals surface area contributed by atoms with Crippen LogP contribution in [0.2, 0.25) is 0 Å². The molecule has 0 fully saturated rings. The highest BCUT2D eigenvalue weighted by Gasteiger charge is 2.14. The SMILES string of the molecule is CC/C(=N/NC(N)=O)c1ccc([N+](=O)[O-])o1. The van der Waals surface area contributed by atoms with Crippen LogP contribution in [0.3, 0.4) is 0 Å². The summed E-state index contributed by atoms with van der Waals surface area (Å²) in [5, 5.41) is 14.0. The van der Waals surface area contributed by atoms with Gasteiger partial charge in [-0.3, -0.25) is 10.1 Å². The van der Waals surface area contributed by atoms with Crippen molar-refractivity contribution in [3.63, 3.8) is 0 Å². The molecule has 0 atom stereocenters. The number of furan rings is 1. The molecule has 0 radical (unpaired) electrons. The number of carbonyl (C=O) groups excluding carboxylic acids is 1. The van der Waals surface area contributed by atoms with Gasteiger partial charge in [-0.25, -0.2) is 10.2 Å². The van der Waals surface area contributed by atoms with Crippen LogP contribution in [0.15, 0.2) is 21.7 Å². The zero-order chi connectivity index (χ0) is 12.1. The van der Waals surface area contributed by atoms with Gasteiger partial charge in [0.1, 0.15) is 10.6 Å². The minimum absolute atomic E-state index is 0.225. The Labute approximate surface area is 90.3 Å². The molecule has 0 aliphatic rings. The van der Waals surface area contributed by atoms with Crippen LogP contribution in [0.4, 0.5) is 10.7 Å². The number of carbonyl (C=O) groups is 1. The lowest BCUT2D eigenvalue weighted by Gasteiger charge is -1.98. The van der Waals surface area contributed by atoms with Gasteiger partial charge in [0, 0.05) is 0 Å². The Morgan fingerprint density at radius 3 is 2.81 bits per heavy atom. The van der Waals surface area contributed by atoms with Gasteiger partial charge in [-0.15, -0.1) is 0 Å². The van der Waals surface area contributed by atoms with E-state index in [0.29, 0.717) is 12.1 Å². The van der Waals surface area contributed by atoms with Gasteiger partial charge in [0.15, 0.2) is 5.76 Å². The predicted octanol–water partition coefficient (Wildman–Crippen LogP) is 0.970. The van der Waals surface area contributed by atoms with Gasteiger partial charge < -0.3 is 10.2 Å². The Morgan fingerprint density at radius 2 is 2.38 bits per heavy atom. The molecule has 0 saturated carbocycles. The van der Waals surface area contributed by atoms with E-state index in [0.717, 1.165) is 0 Å². The molecular weight excluding hydrogens is 216 g/mol. The standard InChI is InChI=1S/C8H10N4O4/c1-2-5(10-11-8(9)13)6-3-4-7(16-6)12(14)15/h3-4H,2H2,1H3,(H3,9,11,13)/b10-5-. The monoisotopic (exact) mass is 226 g/mol. The number of primary amides is 1. The third-order valence-electron chi connectivity index (χ3n) is 1.69. The van der Waals surface area contributed by atoms with Crippen molar-refractivity contribution in [1.29, 1.82) is 0 Å². The molecule has 0 unspecified atom stereocenters. The quantitative estimate of drug-likeness (QED) is 0.450. The van der Waals surface area contributed by atoms with E-state index < -0.39 is 11.0 Å². The average molecular weight is 226 g/mol. The third-order valence-corrected chi connectivity index (χ3v) is 1.69. The maximum absolute atomic E-state index is 10.4. The van der Waals surface area contributed by atoms with Crippen LogP contribution in [0, 0.1) is 10.1 Å². The van der Waals surface area contributed by atoms with E-state index in [1.165, 1.54) is 12.1 Å². The third kappa shape index (κ3) is 2.80. The molecule has 0 bridgehead atoms. The van der Waals surface area contributed by atoms with Gasteiger partial charge in [0.2, 0.25) is 0 Å². The second-order valence-corrected chi connectivity index (χ2v) is 2.78. The largest absolute Gasteiger partial charge is 0.433 e. The minimum Gasteiger partial charge on any atom is -0.399 e. The van der Waals surface area contributed by atoms with Crippen molar-refractivity contribution in [3.05, 3.63) is 28.0 Å². The van der Waals surface area contributed by atoms with Gasteiger partial charge in [-0.05, 0) is 12.5 Å². The molecule has 0 aromatic carbocycles. The highest BCUT2D eigenvalue weighted by molar-refractivity contribution is 5.98. The number of hydrogen-bond acceptors (Lipinski definition) is 5. The van der Waals surface area contributed by atoms with Gasteiger partial charge in [0.25, 0.3) is 0 Å². The zero-order valence-corrected chi connectivity index (χ0v) is 8.47. The van der Waals surface area contributed by atoms with Crippen LogP contribution in [-0.4, -0.2) is 16.7 Å². The van der Waals surface area contributed by atoms with Crippen LogP contribution in [0.25, 0.3) is 0 Å². The van der Waals surface area contributed by atoms with Crippen LogP contribution >= 0.6 is 0 Å². The fourth-order valence-electron chi connectivity index (χ4n) is 1.01. The van der Waals surface area contributed by atoms with Crippen LogP contribution in [0.5, 0.6) is 0 Å². The van der Waals surface area contributed by atoms with Crippen molar-refractivity contribution in [2.24, 2.45) is 10.8 Å². The van der Waals surface area contributed by atoms with Gasteiger partial charge >= 0.3 is 11.9 Å². The van der Waals surface area contributed by atoms with Crippen molar-refractivity contribution in [2.45, 2.75) is 13.3 Å². The molecule has 8 heteroatoms. The molecule has 1 aromatic heterocycles. The summed E-state index contributed by atoms with van der Waals surface area (Å²) < 4.78 is 4.91. The van der Waals surface area contributed by atoms with Gasteiger partial charge in [-0.1, -0.05) is 6.92 Å². The van der Waals surface area contributed by atoms with E-state index in [4.69, 9.17) is 10.2 Å². The number of rotatable bonds is 4. The predicted molar refractivity (Wildman–Crippen MR) is 54.9 cm³/mol. The summed E-state index contributed by atoms with van der Waals surface area (Å²) in [6.45, 7) is 1.76. The van der Waals surface area contributed by atoms with Crippen molar-refractivity contribution in [3.8, 4) is 0 Å². The number of nitro groups is 1. The molecule has 0 spiro atoms. The highest BCUT2D eigenvalue weighted by Crippen LogP contribution is 2.17. The Hall–Kier alpha value is -2.38. The Balaban J connectivity index is 2.90. The van der Waals surface area contributed by atoms with Gasteiger partial charge in [0.05, 0.1) is 6.07 Å². The number of amides is 2. The Kier molecular flexibility index (Phi) is 3.59. The van der Waals surface area contributed by atoms with Crippen LogP contribution in [-0.2, 0) is 0 Å². The fraction of sp³-hybridized carbons (Fsp3) is 0.250. The summed E-state index contributed by atoms with van der Waals surface area (Å²) >= 11 is 0. The Morgan fingerprint density at radius 1 is 1.69 bits per heavy atom. The van der Waals surface area contributed by atoms with Crippen molar-refractivity contribution in [1.82, 2.24) is 5.43 Å². The first-order valence-corrected chi connectivity index (χ1v) is 4.41. The average Bonchev–Trinajstić information content (AvgIpc) is 2.67. The lowest BCUT2D eigenvalue weighted by atomic mass is 10.2. The zero-order valence-electron chi connectivity index (χ0n) is 8.47. The smallest absolute Gasteiger partial charge is 0.399 e. The number of nitrogens with two attached hydrogens (primary N) is 1. The van der Waals surface area contributed by atoms with E-state index >= 15 is 0 Å². The number of nitrogens with zero attached hydrogens (tertiary/aromatic N) is 2. The molecule has 1 aromatic rings.